The van der Waals surface area contributed by atoms with Crippen LogP contribution >= 0.6 is 0 Å². The lowest BCUT2D eigenvalue weighted by Gasteiger charge is -2.25. The second kappa shape index (κ2) is 6.18. The molecule has 4 N–H and O–H groups in total. The third-order valence-electron chi connectivity index (χ3n) is 2.58. The monoisotopic (exact) mass is 253 g/mol. The molecular weight excluding hydrogens is 230 g/mol. The zero-order valence-corrected chi connectivity index (χ0v) is 11.3. The van der Waals surface area contributed by atoms with E-state index < -0.39 is 6.23 Å². The lowest BCUT2D eigenvalue weighted by Crippen LogP contribution is -2.44. The van der Waals surface area contributed by atoms with E-state index in [0.29, 0.717) is 12.8 Å². The number of aliphatic hydroxyl groups is 2. The topological polar surface area (TPSA) is 72.7 Å². The Morgan fingerprint density at radius 2 is 1.89 bits per heavy atom. The van der Waals surface area contributed by atoms with Crippen LogP contribution in [0.5, 0.6) is 5.75 Å². The molecule has 0 aromatic heterocycles. The normalized spacial score (nSPS) is 13.6. The number of rotatable bonds is 5. The van der Waals surface area contributed by atoms with Crippen LogP contribution < -0.4 is 5.32 Å². The van der Waals surface area contributed by atoms with E-state index in [4.69, 9.17) is 5.11 Å². The molecular formula is C14H23NO3. The summed E-state index contributed by atoms with van der Waals surface area (Å²) in [7, 11) is 0. The summed E-state index contributed by atoms with van der Waals surface area (Å²) in [5.41, 5.74) is 1.64. The first-order chi connectivity index (χ1) is 8.31. The summed E-state index contributed by atoms with van der Waals surface area (Å²) in [6.45, 7) is 5.99. The summed E-state index contributed by atoms with van der Waals surface area (Å²) in [5, 5.41) is 31.5. The minimum atomic E-state index is -0.646. The molecule has 0 saturated heterocycles. The Kier molecular flexibility index (Phi) is 5.14. The van der Waals surface area contributed by atoms with E-state index in [1.807, 2.05) is 20.8 Å². The van der Waals surface area contributed by atoms with Crippen LogP contribution in [0, 0.1) is 0 Å². The van der Waals surface area contributed by atoms with E-state index in [9.17, 15) is 10.2 Å². The first-order valence-electron chi connectivity index (χ1n) is 6.19. The van der Waals surface area contributed by atoms with Crippen LogP contribution in [-0.4, -0.2) is 33.7 Å². The number of benzene rings is 1. The summed E-state index contributed by atoms with van der Waals surface area (Å²) in [6.07, 6.45) is 0.283. The third-order valence-corrected chi connectivity index (χ3v) is 2.58. The van der Waals surface area contributed by atoms with Crippen LogP contribution in [0.25, 0.3) is 0 Å². The fourth-order valence-corrected chi connectivity index (χ4v) is 1.92. The zero-order valence-electron chi connectivity index (χ0n) is 11.3. The van der Waals surface area contributed by atoms with Gasteiger partial charge in [0.1, 0.15) is 12.0 Å². The Bertz CT molecular complexity index is 385. The molecule has 0 radical (unpaired) electrons. The summed E-state index contributed by atoms with van der Waals surface area (Å²) in [4.78, 5) is 0. The highest BCUT2D eigenvalue weighted by Gasteiger charge is 2.16. The maximum absolute atomic E-state index is 9.96. The second-order valence-electron chi connectivity index (χ2n) is 5.54. The van der Waals surface area contributed by atoms with Gasteiger partial charge in [0, 0.05) is 18.6 Å². The molecule has 0 saturated carbocycles. The fourth-order valence-electron chi connectivity index (χ4n) is 1.92. The van der Waals surface area contributed by atoms with Crippen LogP contribution in [0.4, 0.5) is 0 Å². The van der Waals surface area contributed by atoms with Crippen molar-refractivity contribution in [3.05, 3.63) is 29.3 Å². The Morgan fingerprint density at radius 3 is 2.44 bits per heavy atom. The largest absolute Gasteiger partial charge is 0.508 e. The Morgan fingerprint density at radius 1 is 1.22 bits per heavy atom. The van der Waals surface area contributed by atoms with Gasteiger partial charge in [-0.2, -0.15) is 0 Å². The summed E-state index contributed by atoms with van der Waals surface area (Å²) >= 11 is 0. The number of phenols is 1. The van der Waals surface area contributed by atoms with Crippen LogP contribution in [0.1, 0.15) is 31.9 Å². The van der Waals surface area contributed by atoms with E-state index >= 15 is 0 Å². The molecule has 1 aromatic rings. The van der Waals surface area contributed by atoms with Gasteiger partial charge in [0.25, 0.3) is 0 Å². The molecule has 0 fully saturated rings. The van der Waals surface area contributed by atoms with Gasteiger partial charge in [0.15, 0.2) is 0 Å². The molecule has 1 rings (SSSR count). The van der Waals surface area contributed by atoms with Crippen molar-refractivity contribution in [2.24, 2.45) is 0 Å². The minimum absolute atomic E-state index is 0.0270. The smallest absolute Gasteiger partial charge is 0.115 e. The van der Waals surface area contributed by atoms with Crippen molar-refractivity contribution in [2.45, 2.75) is 45.4 Å². The molecule has 1 unspecified atom stereocenters. The molecule has 1 atom stereocenters. The number of nitrogens with one attached hydrogen (secondary N) is 1. The van der Waals surface area contributed by atoms with E-state index in [1.54, 1.807) is 18.2 Å². The Balaban J connectivity index is 2.77. The van der Waals surface area contributed by atoms with Gasteiger partial charge in [0.2, 0.25) is 0 Å². The van der Waals surface area contributed by atoms with Crippen molar-refractivity contribution in [3.8, 4) is 5.75 Å². The maximum atomic E-state index is 9.96. The first-order valence-corrected chi connectivity index (χ1v) is 6.19. The molecule has 0 aliphatic carbocycles. The highest BCUT2D eigenvalue weighted by molar-refractivity contribution is 5.35. The van der Waals surface area contributed by atoms with Crippen LogP contribution in [0.3, 0.4) is 0 Å². The van der Waals surface area contributed by atoms with Crippen molar-refractivity contribution in [3.63, 3.8) is 0 Å². The van der Waals surface area contributed by atoms with Crippen molar-refractivity contribution in [1.82, 2.24) is 5.32 Å². The zero-order chi connectivity index (χ0) is 13.8. The molecule has 18 heavy (non-hydrogen) atoms. The minimum Gasteiger partial charge on any atom is -0.508 e. The lowest BCUT2D eigenvalue weighted by molar-refractivity contribution is 0.106. The van der Waals surface area contributed by atoms with Crippen molar-refractivity contribution in [1.29, 1.82) is 0 Å². The lowest BCUT2D eigenvalue weighted by atomic mass is 10.00. The van der Waals surface area contributed by atoms with E-state index in [2.05, 4.69) is 5.32 Å². The fraction of sp³-hybridized carbons (Fsp3) is 0.571. The van der Waals surface area contributed by atoms with Crippen LogP contribution in [0.2, 0.25) is 0 Å². The van der Waals surface area contributed by atoms with Crippen molar-refractivity contribution in [2.75, 3.05) is 6.61 Å². The predicted molar refractivity (Wildman–Crippen MR) is 71.5 cm³/mol. The number of hydrogen-bond acceptors (Lipinski definition) is 4. The van der Waals surface area contributed by atoms with Crippen molar-refractivity contribution >= 4 is 0 Å². The Hall–Kier alpha value is -1.10. The van der Waals surface area contributed by atoms with Gasteiger partial charge in [-0.15, -0.1) is 0 Å². The van der Waals surface area contributed by atoms with Gasteiger partial charge in [-0.1, -0.05) is 6.07 Å². The van der Waals surface area contributed by atoms with E-state index in [0.717, 1.165) is 11.1 Å². The number of aliphatic hydroxyl groups excluding tert-OH is 2. The quantitative estimate of drug-likeness (QED) is 0.595. The molecule has 0 aliphatic heterocycles. The first kappa shape index (κ1) is 15.0. The molecule has 0 heterocycles. The second-order valence-corrected chi connectivity index (χ2v) is 5.54. The van der Waals surface area contributed by atoms with E-state index in [1.165, 1.54) is 0 Å². The summed E-state index contributed by atoms with van der Waals surface area (Å²) < 4.78 is 0. The van der Waals surface area contributed by atoms with Gasteiger partial charge in [-0.05, 0) is 50.5 Å². The molecule has 0 bridgehead atoms. The number of phenolic OH excluding ortho intramolecular Hbond substituents is 1. The van der Waals surface area contributed by atoms with E-state index in [-0.39, 0.29) is 17.9 Å². The van der Waals surface area contributed by atoms with Crippen molar-refractivity contribution < 1.29 is 15.3 Å². The standard InChI is InChI=1S/C14H23NO3/c1-14(2,3)15-13(18)9-10-4-5-12(17)8-11(10)6-7-16/h4-5,8,13,15-18H,6-7,9H2,1-3H3. The molecule has 1 aromatic carbocycles. The van der Waals surface area contributed by atoms with Gasteiger partial charge in [-0.25, -0.2) is 0 Å². The highest BCUT2D eigenvalue weighted by atomic mass is 16.3. The molecule has 0 amide bonds. The van der Waals surface area contributed by atoms with Gasteiger partial charge in [0.05, 0.1) is 0 Å². The average molecular weight is 253 g/mol. The molecule has 0 aliphatic rings. The molecule has 4 nitrogen and oxygen atoms in total. The third kappa shape index (κ3) is 5.04. The maximum Gasteiger partial charge on any atom is 0.115 e. The molecule has 102 valence electrons. The summed E-state index contributed by atoms with van der Waals surface area (Å²) in [6, 6.07) is 5.02. The Labute approximate surface area is 108 Å². The van der Waals surface area contributed by atoms with Gasteiger partial charge in [-0.3, -0.25) is 5.32 Å². The number of hydrogen-bond donors (Lipinski definition) is 4. The highest BCUT2D eigenvalue weighted by Crippen LogP contribution is 2.19. The average Bonchev–Trinajstić information content (AvgIpc) is 2.20. The van der Waals surface area contributed by atoms with Crippen LogP contribution in [0.15, 0.2) is 18.2 Å². The van der Waals surface area contributed by atoms with Gasteiger partial charge >= 0.3 is 0 Å². The summed E-state index contributed by atoms with van der Waals surface area (Å²) in [5.74, 6) is 0.181. The predicted octanol–water partition coefficient (Wildman–Crippen LogP) is 1.18. The number of aromatic hydroxyl groups is 1. The van der Waals surface area contributed by atoms with Gasteiger partial charge < -0.3 is 15.3 Å². The molecule has 0 spiro atoms. The van der Waals surface area contributed by atoms with Crippen LogP contribution in [-0.2, 0) is 12.8 Å². The SMILES string of the molecule is CC(C)(C)NC(O)Cc1ccc(O)cc1CCO. The molecule has 4 heteroatoms.